The molecule has 149 heavy (non-hydrogen) atoms. The third-order valence-electron chi connectivity index (χ3n) is 27.3. The van der Waals surface area contributed by atoms with Gasteiger partial charge in [-0.25, -0.2) is 48.0 Å². The fourth-order valence-corrected chi connectivity index (χ4v) is 19.4. The molecule has 5 saturated carbocycles. The Balaban J connectivity index is 0.000000133. The molecule has 2 aliphatic heterocycles. The number of Topliss-reactive ketones (excluding diaryl/α,β-unsaturated/α-hetero) is 5. The molecule has 0 spiro atoms. The summed E-state index contributed by atoms with van der Waals surface area (Å²) in [6, 6.07) is 37.9. The number of ketones is 5. The lowest BCUT2D eigenvalue weighted by molar-refractivity contribution is 0.100. The van der Waals surface area contributed by atoms with E-state index in [1.54, 1.807) is 83.5 Å². The van der Waals surface area contributed by atoms with Crippen molar-refractivity contribution in [2.24, 2.45) is 28.7 Å². The zero-order valence-electron chi connectivity index (χ0n) is 84.5. The number of benzene rings is 5. The summed E-state index contributed by atoms with van der Waals surface area (Å²) in [7, 11) is 0. The van der Waals surface area contributed by atoms with Crippen LogP contribution < -0.4 is 91.6 Å². The molecule has 5 aromatic carbocycles. The number of carbonyl (C=O) groups is 5. The molecule has 13 aromatic rings. The second-order valence-corrected chi connectivity index (χ2v) is 38.9. The molecule has 0 radical (unpaired) electrons. The minimum Gasteiger partial charge on any atom is -0.378 e. The maximum Gasteiger partial charge on any atom is 0.224 e. The molecule has 5 aliphatic carbocycles. The Labute approximate surface area is 868 Å². The van der Waals surface area contributed by atoms with Crippen LogP contribution in [0.25, 0.3) is 22.6 Å². The van der Waals surface area contributed by atoms with Crippen LogP contribution in [0.1, 0.15) is 215 Å². The first-order valence-corrected chi connectivity index (χ1v) is 52.1. The highest BCUT2D eigenvalue weighted by atomic mass is 32.1. The number of nitrogens with zero attached hydrogens (tertiary/aromatic N) is 17. The average molecular weight is 2050 g/mol. The van der Waals surface area contributed by atoms with Gasteiger partial charge < -0.3 is 101 Å². The van der Waals surface area contributed by atoms with Crippen LogP contribution >= 0.6 is 11.3 Å². The summed E-state index contributed by atoms with van der Waals surface area (Å²) >= 11 is 1.57. The van der Waals surface area contributed by atoms with Crippen LogP contribution in [-0.2, 0) is 9.47 Å². The van der Waals surface area contributed by atoms with Crippen molar-refractivity contribution in [3.05, 3.63) is 227 Å². The summed E-state index contributed by atoms with van der Waals surface area (Å²) in [4.78, 5) is 113. The minimum absolute atomic E-state index is 0.0372. The average Bonchev–Trinajstić information content (AvgIpc) is 1.66. The topological polar surface area (TPSA) is 538 Å². The SMILES string of the molecule is CC(=O)c1cnc(N[C@@H]2CCCC[C@@H]2N)nc1Nc1ccc(-c2cscn2)cc1.CC(=O)c1cnc(N[C@@H]2CCCC[C@@H]2N)nc1Nc1ccc(-n2cccn2)c(F)c1.CC(=O)c1cnc(N[C@@H]2CCCC[C@@H]2N)nc1Nc1ccc(-n2cccn2)cc1.CC(=O)c1cnc(N[C@@H]2CCCC[C@@H]2N)nc1Nc1ccc(N2CCOCC2)c(F)c1.CC(=O)c1cnc(N[C@@H]2CCCC[C@@H]2N)nc1Nc1ccc(N2CCOCC2)cc1. The lowest BCUT2D eigenvalue weighted by Gasteiger charge is -2.29. The van der Waals surface area contributed by atoms with Crippen molar-refractivity contribution in [1.29, 1.82) is 0 Å². The van der Waals surface area contributed by atoms with Gasteiger partial charge in [0.2, 0.25) is 29.7 Å². The van der Waals surface area contributed by atoms with E-state index in [0.29, 0.717) is 136 Å². The monoisotopic (exact) mass is 2050 g/mol. The van der Waals surface area contributed by atoms with Crippen LogP contribution in [0.4, 0.5) is 107 Å². The molecule has 7 aliphatic rings. The van der Waals surface area contributed by atoms with Gasteiger partial charge in [-0.2, -0.15) is 35.1 Å². The van der Waals surface area contributed by atoms with Crippen molar-refractivity contribution in [3.8, 4) is 22.6 Å². The molecule has 8 aromatic heterocycles. The first-order valence-electron chi connectivity index (χ1n) is 51.1. The number of carbonyl (C=O) groups excluding carboxylic acids is 5. The van der Waals surface area contributed by atoms with Crippen molar-refractivity contribution in [1.82, 2.24) is 74.4 Å². The second kappa shape index (κ2) is 52.1. The lowest BCUT2D eigenvalue weighted by Crippen LogP contribution is -2.43. The first kappa shape index (κ1) is 107. The number of thiazole rings is 1. The smallest absolute Gasteiger partial charge is 0.224 e. The van der Waals surface area contributed by atoms with Crippen molar-refractivity contribution in [2.75, 3.05) is 116 Å². The highest BCUT2D eigenvalue weighted by Crippen LogP contribution is 2.35. The third kappa shape index (κ3) is 29.6. The van der Waals surface area contributed by atoms with Gasteiger partial charge in [0.25, 0.3) is 0 Å². The third-order valence-corrected chi connectivity index (χ3v) is 27.9. The number of nitrogens with one attached hydrogen (secondary N) is 10. The Morgan fingerprint density at radius 3 is 0.926 bits per heavy atom. The number of hydrogen-bond acceptors (Lipinski definition) is 38. The zero-order valence-corrected chi connectivity index (χ0v) is 85.3. The molecule has 0 bridgehead atoms. The molecule has 0 unspecified atom stereocenters. The van der Waals surface area contributed by atoms with Gasteiger partial charge in [0.15, 0.2) is 34.7 Å². The van der Waals surface area contributed by atoms with E-state index in [0.717, 1.165) is 194 Å². The fraction of sp³-hybridized carbons (Fsp3) is 0.402. The number of nitrogens with two attached hydrogens (primary N) is 5. The van der Waals surface area contributed by atoms with Gasteiger partial charge in [0.05, 0.1) is 76.8 Å². The summed E-state index contributed by atoms with van der Waals surface area (Å²) in [5, 5.41) is 42.8. The van der Waals surface area contributed by atoms with E-state index in [2.05, 4.69) is 135 Å². The predicted molar refractivity (Wildman–Crippen MR) is 579 cm³/mol. The molecule has 7 fully saturated rings. The largest absolute Gasteiger partial charge is 0.378 e. The molecule has 39 nitrogen and oxygen atoms in total. The molecule has 20 N–H and O–H groups in total. The summed E-state index contributed by atoms with van der Waals surface area (Å²) < 4.78 is 43.3. The van der Waals surface area contributed by atoms with E-state index in [1.165, 1.54) is 63.8 Å². The van der Waals surface area contributed by atoms with E-state index in [4.69, 9.17) is 38.1 Å². The number of morpholine rings is 2. The number of anilines is 17. The van der Waals surface area contributed by atoms with E-state index >= 15 is 0 Å². The van der Waals surface area contributed by atoms with Crippen LogP contribution in [0, 0.1) is 11.6 Å². The minimum atomic E-state index is -0.450. The quantitative estimate of drug-likeness (QED) is 0.0186. The van der Waals surface area contributed by atoms with Gasteiger partial charge in [-0.15, -0.1) is 11.3 Å². The van der Waals surface area contributed by atoms with Gasteiger partial charge in [-0.05, 0) is 208 Å². The molecule has 42 heteroatoms. The molecule has 0 amide bonds. The molecule has 2 saturated heterocycles. The van der Waals surface area contributed by atoms with Gasteiger partial charge in [0.1, 0.15) is 40.6 Å². The van der Waals surface area contributed by atoms with Gasteiger partial charge in [-0.3, -0.25) is 24.0 Å². The van der Waals surface area contributed by atoms with Crippen LogP contribution in [-0.4, -0.2) is 216 Å². The van der Waals surface area contributed by atoms with Crippen molar-refractivity contribution in [2.45, 2.75) is 223 Å². The van der Waals surface area contributed by atoms with Gasteiger partial charge >= 0.3 is 0 Å². The zero-order chi connectivity index (χ0) is 104. The van der Waals surface area contributed by atoms with E-state index in [-0.39, 0.29) is 95.2 Å². The standard InChI is InChI=1S/C22H29FN6O2.C22H30N6O2.C21H24FN7O.C21H25N7O.C21H24N6OS/c1-14(30)16-13-25-22(27-19-5-3-2-4-18(19)24)28-21(16)26-15-6-7-20(17(23)12-15)29-8-10-31-11-9-29;1-15(29)18-14-24-22(26-20-5-3-2-4-19(20)23)27-21(18)25-16-6-8-17(9-7-16)28-10-12-30-13-11-28;1-13(30)15-12-24-21(27-18-6-3-2-5-17(18)23)28-20(15)26-14-7-8-19(16(22)11-14)29-10-4-9-25-29;1-14(29)17-13-23-21(26-19-6-3-2-5-18(19)22)27-20(17)25-15-7-9-16(10-8-15)28-12-4-11-24-28;1-13(28)16-10-23-21(26-18-5-3-2-4-17(18)22)27-20(16)25-15-8-6-14(7-9-15)19-11-29-12-24-19/h6-7,12-13,18-19H,2-5,8-11,24H2,1H3,(H2,25,26,27,28);6-9,14,19-20H,2-5,10-13,23H2,1H3,(H2,24,25,26,27);4,7-12,17-18H,2-3,5-6,23H2,1H3,(H2,24,26,27,28);4,7-13,18-19H,2-3,5-6,22H2,1H3,(H2,23,25,26,27);6-12,17-18H,2-5,22H2,1H3,(H2,23,25,26,27)/t18-,19+;19-,20+;17-,18+;18-,19+;17-,18+/m00000/s1. The normalized spacial score (nSPS) is 20.1. The molecular formula is C107H132F2N32O7S. The number of aromatic nitrogens is 15. The Hall–Kier alpha value is -14.9. The maximum absolute atomic E-state index is 14.8. The Morgan fingerprint density at radius 1 is 0.342 bits per heavy atom. The number of rotatable bonds is 30. The highest BCUT2D eigenvalue weighted by molar-refractivity contribution is 7.07. The molecule has 10 heterocycles. The molecule has 10 atom stereocenters. The Kier molecular flexibility index (Phi) is 37.4. The van der Waals surface area contributed by atoms with Gasteiger partial charge in [0, 0.05) is 187 Å². The van der Waals surface area contributed by atoms with E-state index in [9.17, 15) is 32.8 Å². The van der Waals surface area contributed by atoms with E-state index < -0.39 is 5.82 Å². The number of hydrogen-bond donors (Lipinski definition) is 15. The summed E-state index contributed by atoms with van der Waals surface area (Å²) in [5.74, 6) is 2.96. The van der Waals surface area contributed by atoms with Crippen LogP contribution in [0.15, 0.2) is 188 Å². The number of ether oxygens (including phenoxy) is 2. The fourth-order valence-electron chi connectivity index (χ4n) is 18.8. The molecule has 20 rings (SSSR count). The summed E-state index contributed by atoms with van der Waals surface area (Å²) in [6.45, 7) is 13.2. The summed E-state index contributed by atoms with van der Waals surface area (Å²) in [5.41, 5.74) is 43.4. The first-order chi connectivity index (χ1) is 72.3. The van der Waals surface area contributed by atoms with Crippen LogP contribution in [0.3, 0.4) is 0 Å². The predicted octanol–water partition coefficient (Wildman–Crippen LogP) is 17.0. The van der Waals surface area contributed by atoms with Crippen LogP contribution in [0.2, 0.25) is 0 Å². The second-order valence-electron chi connectivity index (χ2n) is 38.2. The highest BCUT2D eigenvalue weighted by Gasteiger charge is 2.31. The Bertz CT molecular complexity index is 6450. The van der Waals surface area contributed by atoms with Crippen LogP contribution in [0.5, 0.6) is 0 Å². The Morgan fingerprint density at radius 2 is 0.631 bits per heavy atom. The lowest BCUT2D eigenvalue weighted by atomic mass is 9.91. The van der Waals surface area contributed by atoms with E-state index in [1.807, 2.05) is 88.7 Å². The van der Waals surface area contributed by atoms with Gasteiger partial charge in [-0.1, -0.05) is 76.3 Å². The van der Waals surface area contributed by atoms with Crippen molar-refractivity contribution in [3.63, 3.8) is 0 Å². The molecule has 782 valence electrons. The molecular weight excluding hydrogens is 1920 g/mol. The maximum atomic E-state index is 14.8. The number of halogens is 2. The van der Waals surface area contributed by atoms with Crippen molar-refractivity contribution >= 4 is 139 Å². The van der Waals surface area contributed by atoms with Crippen molar-refractivity contribution < 1.29 is 42.2 Å². The summed E-state index contributed by atoms with van der Waals surface area (Å²) in [6.07, 6.45) is 35.7.